The largest absolute Gasteiger partial charge is 0.497 e. The molecule has 0 radical (unpaired) electrons. The van der Waals surface area contributed by atoms with Crippen LogP contribution in [-0.2, 0) is 42.8 Å². The number of ether oxygens (including phenoxy) is 8. The van der Waals surface area contributed by atoms with Gasteiger partial charge in [-0.1, -0.05) is 0 Å². The first kappa shape index (κ1) is 40.5. The summed E-state index contributed by atoms with van der Waals surface area (Å²) in [6.45, 7) is 0.984. The van der Waals surface area contributed by atoms with E-state index in [9.17, 15) is 50.1 Å². The number of rotatable bonds is 13. The molecule has 0 saturated carbocycles. The zero-order valence-corrected chi connectivity index (χ0v) is 28.2. The van der Waals surface area contributed by atoms with Crippen molar-refractivity contribution in [2.45, 2.75) is 113 Å². The fourth-order valence-electron chi connectivity index (χ4n) is 6.04. The van der Waals surface area contributed by atoms with Gasteiger partial charge >= 0.3 is 5.97 Å². The normalized spacial score (nSPS) is 38.3. The molecule has 51 heavy (non-hydrogen) atoms. The number of nitrogens with one attached hydrogen (secondary N) is 2. The number of carbonyl (C=O) groups excluding carboxylic acids is 3. The smallest absolute Gasteiger partial charge is 0.303 e. The van der Waals surface area contributed by atoms with Crippen LogP contribution in [0.25, 0.3) is 0 Å². The average Bonchev–Trinajstić information content (AvgIpc) is 3.09. The standard InChI is InChI=1S/C31H46N2O18/c1-12(37)32-20-23(41)22(40)17(9-34)47-29(20)50-27-19(11-36)49-31(46-16-7-5-15(44-4)6-8-16)28(25(27)43)51-30-21(33-13(2)38)24(42)26(45-14(3)39)18(10-35)48-30/h5-8,17-31,34-36,40-43H,9-11H2,1-4H3,(H,32,37)(H,33,38). The first-order valence-electron chi connectivity index (χ1n) is 16.1. The summed E-state index contributed by atoms with van der Waals surface area (Å²) in [6.07, 6.45) is -20.8. The molecule has 0 aliphatic carbocycles. The van der Waals surface area contributed by atoms with Gasteiger partial charge in [-0.25, -0.2) is 0 Å². The molecule has 288 valence electrons. The molecule has 0 bridgehead atoms. The van der Waals surface area contributed by atoms with E-state index in [4.69, 9.17) is 37.9 Å². The number of methoxy groups -OCH3 is 1. The number of hydrogen-bond donors (Lipinski definition) is 9. The molecule has 3 heterocycles. The molecule has 0 spiro atoms. The number of amides is 2. The van der Waals surface area contributed by atoms with Crippen LogP contribution >= 0.6 is 0 Å². The van der Waals surface area contributed by atoms with Crippen molar-refractivity contribution < 1.29 is 88.0 Å². The van der Waals surface area contributed by atoms with Crippen LogP contribution in [0.5, 0.6) is 11.5 Å². The van der Waals surface area contributed by atoms with Crippen LogP contribution in [0.15, 0.2) is 24.3 Å². The highest BCUT2D eigenvalue weighted by atomic mass is 16.8. The molecule has 20 nitrogen and oxygen atoms in total. The van der Waals surface area contributed by atoms with E-state index in [2.05, 4.69) is 10.6 Å². The van der Waals surface area contributed by atoms with Gasteiger partial charge in [-0.15, -0.1) is 0 Å². The quantitative estimate of drug-likeness (QED) is 0.0862. The number of esters is 1. The fraction of sp³-hybridized carbons (Fsp3) is 0.710. The highest BCUT2D eigenvalue weighted by molar-refractivity contribution is 5.73. The van der Waals surface area contributed by atoms with E-state index in [1.807, 2.05) is 0 Å². The Labute approximate surface area is 292 Å². The molecule has 15 unspecified atom stereocenters. The Morgan fingerprint density at radius 2 is 1.10 bits per heavy atom. The Morgan fingerprint density at radius 3 is 1.61 bits per heavy atom. The molecule has 3 aliphatic rings. The van der Waals surface area contributed by atoms with Crippen molar-refractivity contribution in [1.29, 1.82) is 0 Å². The lowest BCUT2D eigenvalue weighted by atomic mass is 9.94. The van der Waals surface area contributed by atoms with Gasteiger partial charge in [0, 0.05) is 20.8 Å². The minimum absolute atomic E-state index is 0.174. The second kappa shape index (κ2) is 18.0. The molecular weight excluding hydrogens is 688 g/mol. The molecule has 2 amide bonds. The maximum absolute atomic E-state index is 12.2. The molecule has 3 aliphatic heterocycles. The molecule has 15 atom stereocenters. The molecule has 4 rings (SSSR count). The lowest BCUT2D eigenvalue weighted by molar-refractivity contribution is -0.365. The first-order valence-corrected chi connectivity index (χ1v) is 16.1. The highest BCUT2D eigenvalue weighted by Gasteiger charge is 2.55. The van der Waals surface area contributed by atoms with Gasteiger partial charge < -0.3 is 84.3 Å². The third-order valence-corrected chi connectivity index (χ3v) is 8.47. The van der Waals surface area contributed by atoms with E-state index in [0.29, 0.717) is 5.75 Å². The summed E-state index contributed by atoms with van der Waals surface area (Å²) in [5.41, 5.74) is 0. The maximum atomic E-state index is 12.2. The SMILES string of the molecule is COc1ccc(OC2OC(CO)C(OC3OC(CO)C(O)C(O)C3NC(C)=O)C(O)C2OC2OC(CO)C(OC(C)=O)C(O)C2NC(C)=O)cc1. The minimum Gasteiger partial charge on any atom is -0.497 e. The molecule has 3 fully saturated rings. The summed E-state index contributed by atoms with van der Waals surface area (Å²) in [5.74, 6) is -1.47. The number of aliphatic hydroxyl groups excluding tert-OH is 7. The topological polar surface area (TPSA) is 291 Å². The lowest BCUT2D eigenvalue weighted by Gasteiger charge is -2.49. The zero-order chi connectivity index (χ0) is 37.6. The van der Waals surface area contributed by atoms with Gasteiger partial charge in [0.25, 0.3) is 0 Å². The van der Waals surface area contributed by atoms with E-state index in [-0.39, 0.29) is 5.75 Å². The second-order valence-electron chi connectivity index (χ2n) is 12.2. The predicted molar refractivity (Wildman–Crippen MR) is 165 cm³/mol. The van der Waals surface area contributed by atoms with Gasteiger partial charge in [-0.2, -0.15) is 0 Å². The van der Waals surface area contributed by atoms with Crippen molar-refractivity contribution >= 4 is 17.8 Å². The third-order valence-electron chi connectivity index (χ3n) is 8.47. The third kappa shape index (κ3) is 9.60. The summed E-state index contributed by atoms with van der Waals surface area (Å²) >= 11 is 0. The van der Waals surface area contributed by atoms with E-state index in [1.165, 1.54) is 19.2 Å². The predicted octanol–water partition coefficient (Wildman–Crippen LogP) is -4.62. The van der Waals surface area contributed by atoms with Crippen molar-refractivity contribution in [3.8, 4) is 11.5 Å². The van der Waals surface area contributed by atoms with E-state index in [0.717, 1.165) is 20.8 Å². The van der Waals surface area contributed by atoms with Gasteiger partial charge in [0.1, 0.15) is 72.4 Å². The van der Waals surface area contributed by atoms with Crippen molar-refractivity contribution in [1.82, 2.24) is 10.6 Å². The van der Waals surface area contributed by atoms with Crippen molar-refractivity contribution in [3.63, 3.8) is 0 Å². The molecule has 20 heteroatoms. The van der Waals surface area contributed by atoms with Crippen LogP contribution < -0.4 is 20.1 Å². The Hall–Kier alpha value is -3.25. The average molecular weight is 735 g/mol. The summed E-state index contributed by atoms with van der Waals surface area (Å²) in [5, 5.41) is 79.4. The Bertz CT molecular complexity index is 1310. The van der Waals surface area contributed by atoms with E-state index in [1.54, 1.807) is 12.1 Å². The van der Waals surface area contributed by atoms with E-state index < -0.39 is 130 Å². The summed E-state index contributed by atoms with van der Waals surface area (Å²) in [6, 6.07) is 3.23. The number of aliphatic hydroxyl groups is 7. The van der Waals surface area contributed by atoms with Crippen LogP contribution in [0, 0.1) is 0 Å². The van der Waals surface area contributed by atoms with Crippen LogP contribution in [-0.4, -0.2) is 172 Å². The zero-order valence-electron chi connectivity index (χ0n) is 28.2. The van der Waals surface area contributed by atoms with Gasteiger partial charge in [0.2, 0.25) is 18.1 Å². The van der Waals surface area contributed by atoms with Crippen LogP contribution in [0.1, 0.15) is 20.8 Å². The highest BCUT2D eigenvalue weighted by Crippen LogP contribution is 2.34. The molecule has 3 saturated heterocycles. The fourth-order valence-corrected chi connectivity index (χ4v) is 6.04. The van der Waals surface area contributed by atoms with Crippen molar-refractivity contribution in [2.24, 2.45) is 0 Å². The van der Waals surface area contributed by atoms with Crippen LogP contribution in [0.4, 0.5) is 0 Å². The minimum atomic E-state index is -1.87. The van der Waals surface area contributed by atoms with E-state index >= 15 is 0 Å². The van der Waals surface area contributed by atoms with Gasteiger partial charge in [0.15, 0.2) is 24.8 Å². The molecular formula is C31H46N2O18. The van der Waals surface area contributed by atoms with Crippen LogP contribution in [0.3, 0.4) is 0 Å². The molecule has 1 aromatic carbocycles. The van der Waals surface area contributed by atoms with Crippen LogP contribution in [0.2, 0.25) is 0 Å². The Balaban J connectivity index is 1.71. The van der Waals surface area contributed by atoms with Gasteiger partial charge in [-0.05, 0) is 24.3 Å². The monoisotopic (exact) mass is 734 g/mol. The Morgan fingerprint density at radius 1 is 0.627 bits per heavy atom. The summed E-state index contributed by atoms with van der Waals surface area (Å²) in [4.78, 5) is 36.0. The van der Waals surface area contributed by atoms with Crippen molar-refractivity contribution in [3.05, 3.63) is 24.3 Å². The molecule has 1 aromatic rings. The maximum Gasteiger partial charge on any atom is 0.303 e. The number of carbonyl (C=O) groups is 3. The number of benzene rings is 1. The summed E-state index contributed by atoms with van der Waals surface area (Å²) < 4.78 is 46.0. The second-order valence-corrected chi connectivity index (χ2v) is 12.2. The van der Waals surface area contributed by atoms with Crippen molar-refractivity contribution in [2.75, 3.05) is 26.9 Å². The first-order chi connectivity index (χ1) is 24.2. The number of hydrogen-bond acceptors (Lipinski definition) is 18. The van der Waals surface area contributed by atoms with Gasteiger partial charge in [0.05, 0.1) is 26.9 Å². The molecule has 0 aromatic heterocycles. The Kier molecular flexibility index (Phi) is 14.3. The summed E-state index contributed by atoms with van der Waals surface area (Å²) in [7, 11) is 1.46. The lowest BCUT2D eigenvalue weighted by Crippen LogP contribution is -2.70. The van der Waals surface area contributed by atoms with Gasteiger partial charge in [-0.3, -0.25) is 14.4 Å². The molecule has 9 N–H and O–H groups in total.